The van der Waals surface area contributed by atoms with E-state index in [1.165, 1.54) is 0 Å². The lowest BCUT2D eigenvalue weighted by atomic mass is 9.93. The van der Waals surface area contributed by atoms with Crippen molar-refractivity contribution in [3.05, 3.63) is 106 Å². The summed E-state index contributed by atoms with van der Waals surface area (Å²) in [5.74, 6) is 7.66. The van der Waals surface area contributed by atoms with Gasteiger partial charge in [0.25, 0.3) is 0 Å². The summed E-state index contributed by atoms with van der Waals surface area (Å²) in [6.07, 6.45) is 3.60. The molecule has 3 atom stereocenters. The van der Waals surface area contributed by atoms with Crippen molar-refractivity contribution in [1.82, 2.24) is 40.4 Å². The molecule has 3 saturated heterocycles. The van der Waals surface area contributed by atoms with E-state index in [1.807, 2.05) is 72.8 Å². The van der Waals surface area contributed by atoms with E-state index in [-0.39, 0.29) is 18.1 Å². The van der Waals surface area contributed by atoms with Crippen molar-refractivity contribution in [1.29, 1.82) is 0 Å². The Kier molecular flexibility index (Phi) is 30.2. The van der Waals surface area contributed by atoms with Crippen molar-refractivity contribution in [2.45, 2.75) is 56.7 Å². The number of alkyl carbamates (subject to hydrolysis) is 2. The second-order valence-corrected chi connectivity index (χ2v) is 26.4. The highest BCUT2D eigenvalue weighted by Crippen LogP contribution is 2.54. The van der Waals surface area contributed by atoms with Crippen LogP contribution in [0, 0.1) is 0 Å². The van der Waals surface area contributed by atoms with Crippen LogP contribution in [0.15, 0.2) is 72.8 Å². The van der Waals surface area contributed by atoms with Crippen LogP contribution in [0.5, 0.6) is 69.0 Å². The normalized spacial score (nSPS) is 17.8. The summed E-state index contributed by atoms with van der Waals surface area (Å²) >= 11 is 0. The Labute approximate surface area is 619 Å². The summed E-state index contributed by atoms with van der Waals surface area (Å²) in [4.78, 5) is 37.1. The molecule has 26 heteroatoms. The molecule has 12 rings (SSSR count). The Bertz CT molecular complexity index is 3820. The van der Waals surface area contributed by atoms with Gasteiger partial charge in [0.15, 0.2) is 34.5 Å². The zero-order chi connectivity index (χ0) is 75.1. The number of rotatable bonds is 22. The van der Waals surface area contributed by atoms with Gasteiger partial charge in [-0.25, -0.2) is 9.59 Å². The maximum absolute atomic E-state index is 12.8. The Morgan fingerprint density at radius 3 is 1.10 bits per heavy atom. The van der Waals surface area contributed by atoms with E-state index in [9.17, 15) is 9.59 Å². The molecule has 0 unspecified atom stereocenters. The van der Waals surface area contributed by atoms with Crippen molar-refractivity contribution in [3.63, 3.8) is 0 Å². The molecule has 26 nitrogen and oxygen atoms in total. The van der Waals surface area contributed by atoms with E-state index in [0.717, 1.165) is 184 Å². The summed E-state index contributed by atoms with van der Waals surface area (Å²) in [7, 11) is 23.7. The van der Waals surface area contributed by atoms with Crippen LogP contribution in [0.4, 0.5) is 9.59 Å². The van der Waals surface area contributed by atoms with Gasteiger partial charge in [-0.1, -0.05) is 18.2 Å². The number of ether oxygens (including phenoxy) is 14. The third-order valence-electron chi connectivity index (χ3n) is 20.3. The molecule has 105 heavy (non-hydrogen) atoms. The van der Waals surface area contributed by atoms with Crippen molar-refractivity contribution in [3.8, 4) is 102 Å². The molecule has 0 radical (unpaired) electrons. The topological polar surface area (TPSA) is 262 Å². The first-order valence-electron chi connectivity index (χ1n) is 36.0. The number of aryl methyl sites for hydroxylation is 3. The van der Waals surface area contributed by atoms with Crippen molar-refractivity contribution in [2.24, 2.45) is 5.73 Å². The number of benzene rings is 6. The summed E-state index contributed by atoms with van der Waals surface area (Å²) in [5, 5.41) is 18.1. The fourth-order valence-electron chi connectivity index (χ4n) is 14.5. The number of likely N-dealkylation sites (N-methyl/N-ethyl adjacent to an activating group) is 2. The molecule has 6 aromatic rings. The molecule has 6 aliphatic rings. The number of nitrogens with two attached hydrogens (primary N) is 1. The number of aliphatic hydroxyl groups excluding tert-OH is 1. The standard InChI is InChI=1S/C27H37N3O6.C26H35N3O6.C19H23NO4.C7H16N2O/c1-29-10-12-30(13-11-29)14-15-36-27(31)28-22-9-6-18-16-23(33-3)25(34-4)26(35-5)24(18)20-8-7-19(32-2)17-21(20)22;1-31-18-6-7-19-20(16-18)21(28-26(30)35-14-13-29-11-9-27-10-12-29)8-5-17-15-22(32-2)24(33-3)25(34-4)23(17)19;1-21-12-6-7-13-14(10-12)15(20)8-5-11-9-16(22-2)18(23-3)19(24-4)17(11)13;1-8-2-4-9(5-3-8)6-7-10/h7-8,16-17,22H,6,9-15H2,1-5H3,(H,28,31);6-7,15-16,21,27H,5,8-14H2,1-4H3,(H,28,30);6-7,9-10,15H,5,8,20H2,1-4H3;10H,2-7H2,1H3/t22-;21-;15-;/m010./s1. The van der Waals surface area contributed by atoms with Crippen LogP contribution in [0.25, 0.3) is 33.4 Å². The zero-order valence-corrected chi connectivity index (χ0v) is 63.9. The van der Waals surface area contributed by atoms with Crippen LogP contribution in [-0.4, -0.2) is 259 Å². The number of hydrogen-bond acceptors (Lipinski definition) is 24. The fraction of sp³-hybridized carbons (Fsp3) is 0.519. The number of piperazine rings is 3. The maximum Gasteiger partial charge on any atom is 0.407 e. The van der Waals surface area contributed by atoms with Gasteiger partial charge in [-0.2, -0.15) is 0 Å². The third kappa shape index (κ3) is 19.8. The van der Waals surface area contributed by atoms with Gasteiger partial charge in [0.05, 0.1) is 104 Å². The largest absolute Gasteiger partial charge is 0.497 e. The van der Waals surface area contributed by atoms with Gasteiger partial charge >= 0.3 is 12.2 Å². The summed E-state index contributed by atoms with van der Waals surface area (Å²) in [6, 6.07) is 23.1. The first-order chi connectivity index (χ1) is 51.0. The lowest BCUT2D eigenvalue weighted by Crippen LogP contribution is -2.45. The average molecular weight is 1460 g/mol. The Hall–Kier alpha value is -8.86. The Balaban J connectivity index is 0.000000173. The maximum atomic E-state index is 12.8. The van der Waals surface area contributed by atoms with Crippen LogP contribution in [0.1, 0.15) is 70.8 Å². The fourth-order valence-corrected chi connectivity index (χ4v) is 14.5. The summed E-state index contributed by atoms with van der Waals surface area (Å²) in [6.45, 7) is 15.7. The number of nitrogens with one attached hydrogen (secondary N) is 3. The molecule has 574 valence electrons. The van der Waals surface area contributed by atoms with Crippen LogP contribution >= 0.6 is 0 Å². The zero-order valence-electron chi connectivity index (χ0n) is 63.9. The predicted octanol–water partition coefficient (Wildman–Crippen LogP) is 8.92. The minimum Gasteiger partial charge on any atom is -0.497 e. The van der Waals surface area contributed by atoms with Crippen molar-refractivity contribution in [2.75, 3.05) is 217 Å². The Morgan fingerprint density at radius 2 is 0.752 bits per heavy atom. The third-order valence-corrected chi connectivity index (χ3v) is 20.3. The highest BCUT2D eigenvalue weighted by Gasteiger charge is 2.34. The lowest BCUT2D eigenvalue weighted by molar-refractivity contribution is 0.102. The van der Waals surface area contributed by atoms with Gasteiger partial charge in [-0.05, 0) is 157 Å². The van der Waals surface area contributed by atoms with Gasteiger partial charge in [0.1, 0.15) is 30.5 Å². The average Bonchev–Trinajstić information content (AvgIpc) is 1.74. The minimum absolute atomic E-state index is 0.0656. The van der Waals surface area contributed by atoms with Crippen LogP contribution < -0.4 is 78.5 Å². The number of carbonyl (C=O) groups is 2. The second-order valence-electron chi connectivity index (χ2n) is 26.4. The van der Waals surface area contributed by atoms with Crippen LogP contribution in [0.3, 0.4) is 0 Å². The molecule has 3 fully saturated rings. The first kappa shape index (κ1) is 80.2. The number of hydrogen-bond donors (Lipinski definition) is 5. The summed E-state index contributed by atoms with van der Waals surface area (Å²) < 4.78 is 78.3. The molecule has 6 aromatic carbocycles. The van der Waals surface area contributed by atoms with Gasteiger partial charge in [0, 0.05) is 121 Å². The lowest BCUT2D eigenvalue weighted by Gasteiger charge is -2.32. The monoisotopic (exact) mass is 1460 g/mol. The number of nitrogens with zero attached hydrogens (tertiary/aromatic N) is 5. The molecule has 0 bridgehead atoms. The van der Waals surface area contributed by atoms with Gasteiger partial charge in [-0.15, -0.1) is 0 Å². The van der Waals surface area contributed by atoms with Crippen LogP contribution in [0.2, 0.25) is 0 Å². The quantitative estimate of drug-likeness (QED) is 0.0425. The molecule has 0 spiro atoms. The molecule has 3 aliphatic heterocycles. The van der Waals surface area contributed by atoms with Crippen molar-refractivity contribution >= 4 is 12.2 Å². The number of β-amino-alcohol motifs (C(OH)–C–C–N with tert-alkyl or cyclic N) is 1. The van der Waals surface area contributed by atoms with Gasteiger partial charge in [0.2, 0.25) is 17.2 Å². The number of fused-ring (bicyclic) bond motifs is 9. The minimum atomic E-state index is -0.424. The summed E-state index contributed by atoms with van der Waals surface area (Å²) in [5.41, 5.74) is 18.4. The number of methoxy groups -OCH3 is 12. The van der Waals surface area contributed by atoms with E-state index in [2.05, 4.69) is 54.5 Å². The number of aliphatic hydroxyl groups is 1. The molecular weight excluding hydrogens is 1350 g/mol. The molecule has 0 aromatic heterocycles. The van der Waals surface area contributed by atoms with Gasteiger partial charge in [-0.3, -0.25) is 14.7 Å². The molecule has 3 heterocycles. The molecule has 3 aliphatic carbocycles. The first-order valence-corrected chi connectivity index (χ1v) is 36.0. The van der Waals surface area contributed by atoms with E-state index in [4.69, 9.17) is 77.2 Å². The van der Waals surface area contributed by atoms with E-state index < -0.39 is 12.2 Å². The van der Waals surface area contributed by atoms with E-state index >= 15 is 0 Å². The van der Waals surface area contributed by atoms with E-state index in [0.29, 0.717) is 109 Å². The highest BCUT2D eigenvalue weighted by molar-refractivity contribution is 5.86. The van der Waals surface area contributed by atoms with Crippen LogP contribution in [-0.2, 0) is 28.7 Å². The highest BCUT2D eigenvalue weighted by atomic mass is 16.6. The molecular formula is C79H111N9O17. The van der Waals surface area contributed by atoms with Gasteiger partial charge < -0.3 is 103 Å². The number of amides is 2. The molecule has 2 amide bonds. The smallest absolute Gasteiger partial charge is 0.407 e. The SMILES string of the molecule is CN1CCN(CCO)CC1.COc1ccc2c(c1)[C@@H](N)CCc1cc(OC)c(OC)c(OC)c1-2.COc1ccc2c(c1)[C@@H](NC(=O)OCCN1CCN(C)CC1)CCc1cc(OC)c(OC)c(OC)c1-2.COc1ccc2c(c1)[C@H](NC(=O)OCCN1CCNCC1)CCc1cc(OC)c(OC)c(OC)c1-2. The van der Waals surface area contributed by atoms with E-state index in [1.54, 1.807) is 85.3 Å². The predicted molar refractivity (Wildman–Crippen MR) is 405 cm³/mol. The molecule has 6 N–H and O–H groups in total. The number of carbonyl (C=O) groups excluding carboxylic acids is 2. The Morgan fingerprint density at radius 1 is 0.419 bits per heavy atom. The van der Waals surface area contributed by atoms with Crippen molar-refractivity contribution < 1.29 is 81.0 Å². The second kappa shape index (κ2) is 39.5. The molecule has 0 saturated carbocycles.